The number of unbranched alkanes of at least 4 members (excludes halogenated alkanes) is 8. The Morgan fingerprint density at radius 2 is 1.27 bits per heavy atom. The van der Waals surface area contributed by atoms with Crippen LogP contribution in [0, 0.1) is 0 Å². The van der Waals surface area contributed by atoms with Gasteiger partial charge >= 0.3 is 0 Å². The molecule has 0 radical (unpaired) electrons. The molecule has 0 saturated heterocycles. The quantitative estimate of drug-likeness (QED) is 0.386. The first kappa shape index (κ1) is 15.3. The van der Waals surface area contributed by atoms with Crippen molar-refractivity contribution in [3.05, 3.63) is 0 Å². The summed E-state index contributed by atoms with van der Waals surface area (Å²) < 4.78 is 5.37. The summed E-state index contributed by atoms with van der Waals surface area (Å²) in [6.07, 6.45) is 12.4. The fourth-order valence-electron chi connectivity index (χ4n) is 1.68. The zero-order valence-corrected chi connectivity index (χ0v) is 11.2. The minimum atomic E-state index is 0.806. The SMILES string of the molecule is CCCCCCCCCCCOCCS. The van der Waals surface area contributed by atoms with E-state index in [0.717, 1.165) is 19.0 Å². The van der Waals surface area contributed by atoms with Crippen molar-refractivity contribution in [2.45, 2.75) is 64.7 Å². The van der Waals surface area contributed by atoms with Crippen LogP contribution in [-0.2, 0) is 4.74 Å². The fraction of sp³-hybridized carbons (Fsp3) is 1.00. The molecular weight excluding hydrogens is 204 g/mol. The first-order valence-electron chi connectivity index (χ1n) is 6.60. The summed E-state index contributed by atoms with van der Waals surface area (Å²) in [5.41, 5.74) is 0. The molecule has 0 aromatic heterocycles. The summed E-state index contributed by atoms with van der Waals surface area (Å²) in [6.45, 7) is 4.00. The first-order chi connectivity index (χ1) is 7.41. The van der Waals surface area contributed by atoms with Gasteiger partial charge in [-0.2, -0.15) is 12.6 Å². The fourth-order valence-corrected chi connectivity index (χ4v) is 1.81. The van der Waals surface area contributed by atoms with Crippen LogP contribution in [0.2, 0.25) is 0 Å². The van der Waals surface area contributed by atoms with Gasteiger partial charge in [-0.25, -0.2) is 0 Å². The third-order valence-corrected chi connectivity index (χ3v) is 2.81. The molecular formula is C13H28OS. The Labute approximate surface area is 101 Å². The largest absolute Gasteiger partial charge is 0.381 e. The van der Waals surface area contributed by atoms with Crippen molar-refractivity contribution >= 4 is 12.6 Å². The molecule has 0 spiro atoms. The Kier molecular flexibility index (Phi) is 14.6. The summed E-state index contributed by atoms with van der Waals surface area (Å²) >= 11 is 4.09. The Morgan fingerprint density at radius 1 is 0.733 bits per heavy atom. The zero-order valence-electron chi connectivity index (χ0n) is 10.3. The average Bonchev–Trinajstić information content (AvgIpc) is 2.26. The smallest absolute Gasteiger partial charge is 0.0554 e. The normalized spacial score (nSPS) is 10.8. The van der Waals surface area contributed by atoms with Crippen LogP contribution in [0.25, 0.3) is 0 Å². The summed E-state index contributed by atoms with van der Waals surface area (Å²) in [4.78, 5) is 0. The van der Waals surface area contributed by atoms with E-state index in [1.807, 2.05) is 0 Å². The molecule has 0 bridgehead atoms. The highest BCUT2D eigenvalue weighted by Gasteiger charge is 1.92. The minimum absolute atomic E-state index is 0.806. The summed E-state index contributed by atoms with van der Waals surface area (Å²) in [6, 6.07) is 0. The molecule has 0 rings (SSSR count). The van der Waals surface area contributed by atoms with E-state index in [0.29, 0.717) is 0 Å². The van der Waals surface area contributed by atoms with Crippen molar-refractivity contribution in [3.63, 3.8) is 0 Å². The van der Waals surface area contributed by atoms with Crippen LogP contribution in [0.1, 0.15) is 64.7 Å². The van der Waals surface area contributed by atoms with Crippen LogP contribution in [0.15, 0.2) is 0 Å². The van der Waals surface area contributed by atoms with Crippen molar-refractivity contribution in [1.82, 2.24) is 0 Å². The highest BCUT2D eigenvalue weighted by atomic mass is 32.1. The Hall–Kier alpha value is 0.310. The van der Waals surface area contributed by atoms with E-state index in [9.17, 15) is 0 Å². The van der Waals surface area contributed by atoms with Gasteiger partial charge in [0.1, 0.15) is 0 Å². The Bertz CT molecular complexity index is 94.7. The van der Waals surface area contributed by atoms with Crippen LogP contribution >= 0.6 is 12.6 Å². The van der Waals surface area contributed by atoms with Gasteiger partial charge in [0.25, 0.3) is 0 Å². The zero-order chi connectivity index (χ0) is 11.2. The van der Waals surface area contributed by atoms with Crippen molar-refractivity contribution in [2.24, 2.45) is 0 Å². The number of hydrogen-bond donors (Lipinski definition) is 1. The Balaban J connectivity index is 2.81. The van der Waals surface area contributed by atoms with E-state index < -0.39 is 0 Å². The lowest BCUT2D eigenvalue weighted by molar-refractivity contribution is 0.145. The predicted molar refractivity (Wildman–Crippen MR) is 71.9 cm³/mol. The molecule has 0 aliphatic rings. The van der Waals surface area contributed by atoms with Crippen LogP contribution in [0.4, 0.5) is 0 Å². The van der Waals surface area contributed by atoms with Gasteiger partial charge in [0, 0.05) is 12.4 Å². The van der Waals surface area contributed by atoms with Crippen LogP contribution in [-0.4, -0.2) is 19.0 Å². The molecule has 0 atom stereocenters. The third kappa shape index (κ3) is 14.3. The van der Waals surface area contributed by atoms with E-state index in [1.54, 1.807) is 0 Å². The van der Waals surface area contributed by atoms with E-state index in [1.165, 1.54) is 57.8 Å². The van der Waals surface area contributed by atoms with Gasteiger partial charge in [0.2, 0.25) is 0 Å². The molecule has 0 aliphatic heterocycles. The average molecular weight is 232 g/mol. The Morgan fingerprint density at radius 3 is 1.80 bits per heavy atom. The van der Waals surface area contributed by atoms with Crippen molar-refractivity contribution in [2.75, 3.05) is 19.0 Å². The maximum Gasteiger partial charge on any atom is 0.0554 e. The van der Waals surface area contributed by atoms with Crippen molar-refractivity contribution < 1.29 is 4.74 Å². The first-order valence-corrected chi connectivity index (χ1v) is 7.23. The molecule has 0 aromatic rings. The summed E-state index contributed by atoms with van der Waals surface area (Å²) in [7, 11) is 0. The molecule has 92 valence electrons. The van der Waals surface area contributed by atoms with E-state index in [4.69, 9.17) is 4.74 Å². The van der Waals surface area contributed by atoms with Crippen LogP contribution < -0.4 is 0 Å². The topological polar surface area (TPSA) is 9.23 Å². The molecule has 0 fully saturated rings. The monoisotopic (exact) mass is 232 g/mol. The second-order valence-corrected chi connectivity index (χ2v) is 4.61. The van der Waals surface area contributed by atoms with E-state index in [-0.39, 0.29) is 0 Å². The number of hydrogen-bond acceptors (Lipinski definition) is 2. The molecule has 2 heteroatoms. The van der Waals surface area contributed by atoms with Gasteiger partial charge in [0.15, 0.2) is 0 Å². The second-order valence-electron chi connectivity index (χ2n) is 4.16. The number of thiol groups is 1. The molecule has 0 saturated carbocycles. The maximum absolute atomic E-state index is 5.37. The summed E-state index contributed by atoms with van der Waals surface area (Å²) in [5.74, 6) is 0.845. The van der Waals surface area contributed by atoms with E-state index >= 15 is 0 Å². The van der Waals surface area contributed by atoms with Crippen LogP contribution in [0.3, 0.4) is 0 Å². The van der Waals surface area contributed by atoms with E-state index in [2.05, 4.69) is 19.6 Å². The molecule has 0 aromatic carbocycles. The van der Waals surface area contributed by atoms with Gasteiger partial charge in [-0.15, -0.1) is 0 Å². The molecule has 0 unspecified atom stereocenters. The molecule has 0 heterocycles. The molecule has 1 nitrogen and oxygen atoms in total. The maximum atomic E-state index is 5.37. The van der Waals surface area contributed by atoms with Gasteiger partial charge in [-0.1, -0.05) is 58.3 Å². The lowest BCUT2D eigenvalue weighted by Gasteiger charge is -2.02. The van der Waals surface area contributed by atoms with Gasteiger partial charge in [-0.05, 0) is 6.42 Å². The number of ether oxygens (including phenoxy) is 1. The lowest BCUT2D eigenvalue weighted by atomic mass is 10.1. The minimum Gasteiger partial charge on any atom is -0.381 e. The van der Waals surface area contributed by atoms with Crippen molar-refractivity contribution in [3.8, 4) is 0 Å². The van der Waals surface area contributed by atoms with Crippen molar-refractivity contribution in [1.29, 1.82) is 0 Å². The predicted octanol–water partition coefficient (Wildman–Crippen LogP) is 4.46. The van der Waals surface area contributed by atoms with Gasteiger partial charge in [-0.3, -0.25) is 0 Å². The van der Waals surface area contributed by atoms with Gasteiger partial charge in [0.05, 0.1) is 6.61 Å². The third-order valence-electron chi connectivity index (χ3n) is 2.63. The second kappa shape index (κ2) is 14.3. The van der Waals surface area contributed by atoms with Crippen LogP contribution in [0.5, 0.6) is 0 Å². The standard InChI is InChI=1S/C13H28OS/c1-2-3-4-5-6-7-8-9-10-11-14-12-13-15/h15H,2-13H2,1H3. The summed E-state index contributed by atoms with van der Waals surface area (Å²) in [5, 5.41) is 0. The molecule has 15 heavy (non-hydrogen) atoms. The highest BCUT2D eigenvalue weighted by Crippen LogP contribution is 2.09. The molecule has 0 N–H and O–H groups in total. The molecule has 0 amide bonds. The lowest BCUT2D eigenvalue weighted by Crippen LogP contribution is -1.97. The highest BCUT2D eigenvalue weighted by molar-refractivity contribution is 7.80. The van der Waals surface area contributed by atoms with Gasteiger partial charge < -0.3 is 4.74 Å². The molecule has 0 aliphatic carbocycles. The number of rotatable bonds is 12.